The molecule has 0 aliphatic heterocycles. The Morgan fingerprint density at radius 2 is 1.56 bits per heavy atom. The molecule has 0 N–H and O–H groups in total. The smallest absolute Gasteiger partial charge is 0.376 e. The first-order valence-electron chi connectivity index (χ1n) is 15.3. The largest absolute Gasteiger partial charge is 0.465 e. The maximum absolute atomic E-state index is 15.3. The van der Waals surface area contributed by atoms with Gasteiger partial charge in [-0.3, -0.25) is 9.55 Å². The number of carbonyl (C=O) groups is 1. The molecule has 0 aromatic carbocycles. The van der Waals surface area contributed by atoms with Crippen molar-refractivity contribution in [1.29, 1.82) is 0 Å². The molecule has 4 rings (SSSR count). The Bertz CT molecular complexity index is 1130. The molecule has 2 aromatic heterocycles. The van der Waals surface area contributed by atoms with Crippen LogP contribution in [0.2, 0.25) is 0 Å². The van der Waals surface area contributed by atoms with Crippen LogP contribution in [0, 0.1) is 35.5 Å². The highest BCUT2D eigenvalue weighted by Gasteiger charge is 2.48. The standard InChI is InChI=1S/C33H48NO6P/c1-22(2)26-13-11-24(5)30(19-26)39-41(36,40-31-20-27(23(3)4)14-12-25(31)6)33(28-9-7-17-34-21-28)38-32(35)16-15-29-10-8-18-37-29/h7-10,15-18,21-27,30-31,33H,11-14,19-20H2,1-6H3. The molecule has 2 aromatic rings. The van der Waals surface area contributed by atoms with Crippen LogP contribution in [0.1, 0.15) is 97.2 Å². The van der Waals surface area contributed by atoms with E-state index in [2.05, 4.69) is 46.5 Å². The molecule has 0 amide bonds. The summed E-state index contributed by atoms with van der Waals surface area (Å²) < 4.78 is 39.9. The molecule has 2 aliphatic rings. The number of pyridine rings is 1. The highest BCUT2D eigenvalue weighted by Crippen LogP contribution is 2.65. The highest BCUT2D eigenvalue weighted by atomic mass is 31.2. The van der Waals surface area contributed by atoms with Crippen LogP contribution in [-0.4, -0.2) is 23.2 Å². The van der Waals surface area contributed by atoms with Crippen LogP contribution in [0.15, 0.2) is 53.4 Å². The van der Waals surface area contributed by atoms with Crippen molar-refractivity contribution in [3.05, 3.63) is 60.3 Å². The van der Waals surface area contributed by atoms with Crippen molar-refractivity contribution in [2.45, 2.75) is 98.1 Å². The van der Waals surface area contributed by atoms with Gasteiger partial charge in [0, 0.05) is 24.0 Å². The van der Waals surface area contributed by atoms with E-state index in [1.54, 1.807) is 36.7 Å². The molecule has 2 saturated carbocycles. The SMILES string of the molecule is CC(C)C1CCC(C)C(OP(=O)(OC2CC(C(C)C)CCC2C)C(OC(=O)C=Cc2ccco2)c2cccnc2)C1. The lowest BCUT2D eigenvalue weighted by atomic mass is 9.76. The van der Waals surface area contributed by atoms with Gasteiger partial charge in [-0.15, -0.1) is 0 Å². The maximum Gasteiger partial charge on any atom is 0.376 e. The van der Waals surface area contributed by atoms with Gasteiger partial charge in [0.2, 0.25) is 5.85 Å². The number of furan rings is 1. The zero-order valence-corrected chi connectivity index (χ0v) is 26.4. The predicted octanol–water partition coefficient (Wildman–Crippen LogP) is 9.08. The highest BCUT2D eigenvalue weighted by molar-refractivity contribution is 7.54. The third-order valence-electron chi connectivity index (χ3n) is 9.19. The summed E-state index contributed by atoms with van der Waals surface area (Å²) in [6.07, 6.45) is 12.9. The molecular formula is C33H48NO6P. The first-order valence-corrected chi connectivity index (χ1v) is 17.0. The van der Waals surface area contributed by atoms with E-state index in [0.29, 0.717) is 35.0 Å². The molecule has 7 nitrogen and oxygen atoms in total. The van der Waals surface area contributed by atoms with Crippen LogP contribution in [0.3, 0.4) is 0 Å². The molecular weight excluding hydrogens is 537 g/mol. The van der Waals surface area contributed by atoms with E-state index in [9.17, 15) is 4.79 Å². The Morgan fingerprint density at radius 3 is 2.05 bits per heavy atom. The Kier molecular flexibility index (Phi) is 11.1. The zero-order valence-electron chi connectivity index (χ0n) is 25.5. The Hall–Kier alpha value is -2.21. The number of rotatable bonds is 11. The lowest BCUT2D eigenvalue weighted by molar-refractivity contribution is -0.141. The van der Waals surface area contributed by atoms with Gasteiger partial charge in [-0.1, -0.05) is 47.6 Å². The van der Waals surface area contributed by atoms with Gasteiger partial charge in [-0.25, -0.2) is 4.79 Å². The second-order valence-electron chi connectivity index (χ2n) is 12.8. The summed E-state index contributed by atoms with van der Waals surface area (Å²) in [6, 6.07) is 6.99. The van der Waals surface area contributed by atoms with Crippen LogP contribution < -0.4 is 0 Å². The minimum Gasteiger partial charge on any atom is -0.465 e. The van der Waals surface area contributed by atoms with Crippen LogP contribution in [-0.2, 0) is 23.1 Å². The summed E-state index contributed by atoms with van der Waals surface area (Å²) in [5.74, 6) is 0.965. The summed E-state index contributed by atoms with van der Waals surface area (Å²) in [5.41, 5.74) is 0.489. The minimum atomic E-state index is -4.05. The summed E-state index contributed by atoms with van der Waals surface area (Å²) in [4.78, 5) is 17.4. The lowest BCUT2D eigenvalue weighted by Gasteiger charge is -2.42. The molecule has 226 valence electrons. The second kappa shape index (κ2) is 14.3. The van der Waals surface area contributed by atoms with E-state index in [4.69, 9.17) is 18.2 Å². The normalized spacial score (nSPS) is 29.5. The molecule has 2 fully saturated rings. The van der Waals surface area contributed by atoms with Crippen molar-refractivity contribution in [2.24, 2.45) is 35.5 Å². The third kappa shape index (κ3) is 8.43. The van der Waals surface area contributed by atoms with Crippen molar-refractivity contribution in [3.8, 4) is 0 Å². The molecule has 0 radical (unpaired) electrons. The van der Waals surface area contributed by atoms with Gasteiger partial charge < -0.3 is 18.2 Å². The average molecular weight is 586 g/mol. The maximum atomic E-state index is 15.3. The van der Waals surface area contributed by atoms with Gasteiger partial charge in [0.25, 0.3) is 0 Å². The monoisotopic (exact) mass is 585 g/mol. The van der Waals surface area contributed by atoms with E-state index in [-0.39, 0.29) is 24.0 Å². The fourth-order valence-corrected chi connectivity index (χ4v) is 8.53. The molecule has 7 atom stereocenters. The van der Waals surface area contributed by atoms with Crippen molar-refractivity contribution >= 4 is 19.6 Å². The van der Waals surface area contributed by atoms with Gasteiger partial charge in [0.05, 0.1) is 18.5 Å². The summed E-state index contributed by atoms with van der Waals surface area (Å²) in [6.45, 7) is 13.2. The Labute approximate surface area is 246 Å². The molecule has 0 bridgehead atoms. The molecule has 8 heteroatoms. The van der Waals surface area contributed by atoms with Gasteiger partial charge >= 0.3 is 13.6 Å². The fourth-order valence-electron chi connectivity index (χ4n) is 6.16. The predicted molar refractivity (Wildman–Crippen MR) is 161 cm³/mol. The van der Waals surface area contributed by atoms with Crippen molar-refractivity contribution < 1.29 is 27.6 Å². The summed E-state index contributed by atoms with van der Waals surface area (Å²) in [7, 11) is -4.05. The molecule has 7 unspecified atom stereocenters. The van der Waals surface area contributed by atoms with E-state index < -0.39 is 19.4 Å². The number of carbonyl (C=O) groups excluding carboxylic acids is 1. The van der Waals surface area contributed by atoms with Crippen molar-refractivity contribution in [3.63, 3.8) is 0 Å². The van der Waals surface area contributed by atoms with Crippen LogP contribution in [0.4, 0.5) is 0 Å². The van der Waals surface area contributed by atoms with Gasteiger partial charge in [0.15, 0.2) is 0 Å². The summed E-state index contributed by atoms with van der Waals surface area (Å²) >= 11 is 0. The minimum absolute atomic E-state index is 0.207. The third-order valence-corrected chi connectivity index (χ3v) is 11.3. The first kappa shape index (κ1) is 31.7. The van der Waals surface area contributed by atoms with E-state index in [1.165, 1.54) is 18.4 Å². The second-order valence-corrected chi connectivity index (χ2v) is 14.8. The number of ether oxygens (including phenoxy) is 1. The first-order chi connectivity index (χ1) is 19.6. The molecule has 0 spiro atoms. The zero-order chi connectivity index (χ0) is 29.6. The molecule has 0 saturated heterocycles. The Morgan fingerprint density at radius 1 is 0.951 bits per heavy atom. The average Bonchev–Trinajstić information content (AvgIpc) is 3.47. The van der Waals surface area contributed by atoms with Gasteiger partial charge in [-0.05, 0) is 98.3 Å². The molecule has 2 aliphatic carbocycles. The number of aromatic nitrogens is 1. The Balaban J connectivity index is 1.69. The quantitative estimate of drug-likeness (QED) is 0.148. The fraction of sp³-hybridized carbons (Fsp3) is 0.636. The number of nitrogens with zero attached hydrogens (tertiary/aromatic N) is 1. The van der Waals surface area contributed by atoms with Gasteiger partial charge in [-0.2, -0.15) is 0 Å². The lowest BCUT2D eigenvalue weighted by Crippen LogP contribution is -2.35. The van der Waals surface area contributed by atoms with Crippen LogP contribution in [0.5, 0.6) is 0 Å². The number of hydrogen-bond acceptors (Lipinski definition) is 7. The van der Waals surface area contributed by atoms with Crippen LogP contribution in [0.25, 0.3) is 6.08 Å². The van der Waals surface area contributed by atoms with Crippen LogP contribution >= 0.6 is 7.60 Å². The van der Waals surface area contributed by atoms with E-state index >= 15 is 4.57 Å². The van der Waals surface area contributed by atoms with Crippen molar-refractivity contribution in [2.75, 3.05) is 0 Å². The van der Waals surface area contributed by atoms with E-state index in [1.807, 2.05) is 0 Å². The topological polar surface area (TPSA) is 87.9 Å². The van der Waals surface area contributed by atoms with Gasteiger partial charge in [0.1, 0.15) is 5.76 Å². The number of esters is 1. The van der Waals surface area contributed by atoms with Crippen molar-refractivity contribution in [1.82, 2.24) is 4.98 Å². The number of hydrogen-bond donors (Lipinski definition) is 0. The van der Waals surface area contributed by atoms with E-state index in [0.717, 1.165) is 38.5 Å². The summed E-state index contributed by atoms with van der Waals surface area (Å²) in [5, 5.41) is 0. The molecule has 41 heavy (non-hydrogen) atoms. The molecule has 2 heterocycles.